The van der Waals surface area contributed by atoms with Gasteiger partial charge in [0.05, 0.1) is 0 Å². The molecule has 26 heavy (non-hydrogen) atoms. The first kappa shape index (κ1) is 17.4. The number of anilines is 1. The van der Waals surface area contributed by atoms with Crippen molar-refractivity contribution in [3.05, 3.63) is 54.4 Å². The van der Waals surface area contributed by atoms with Crippen LogP contribution in [0.15, 0.2) is 48.8 Å². The Morgan fingerprint density at radius 2 is 1.62 bits per heavy atom. The number of hydrogen-bond acceptors (Lipinski definition) is 5. The molecular weight excluding hydrogens is 322 g/mol. The van der Waals surface area contributed by atoms with Crippen LogP contribution in [-0.4, -0.2) is 65.6 Å². The third-order valence-corrected chi connectivity index (χ3v) is 5.58. The fraction of sp³-hybridized carbons (Fsp3) is 0.524. The van der Waals surface area contributed by atoms with Crippen molar-refractivity contribution in [1.29, 1.82) is 0 Å². The van der Waals surface area contributed by atoms with Gasteiger partial charge in [0.1, 0.15) is 0 Å². The minimum Gasteiger partial charge on any atom is -0.338 e. The zero-order valence-electron chi connectivity index (χ0n) is 15.5. The molecule has 5 heteroatoms. The molecule has 0 saturated carbocycles. The molecule has 0 radical (unpaired) electrons. The Morgan fingerprint density at radius 3 is 2.38 bits per heavy atom. The summed E-state index contributed by atoms with van der Waals surface area (Å²) in [6.45, 7) is 9.10. The second-order valence-electron chi connectivity index (χ2n) is 7.57. The van der Waals surface area contributed by atoms with Gasteiger partial charge in [-0.3, -0.25) is 9.80 Å². The lowest BCUT2D eigenvalue weighted by Gasteiger charge is -2.39. The molecule has 4 rings (SSSR count). The highest BCUT2D eigenvalue weighted by atomic mass is 15.3. The van der Waals surface area contributed by atoms with Crippen LogP contribution >= 0.6 is 0 Å². The van der Waals surface area contributed by atoms with Gasteiger partial charge in [0.15, 0.2) is 0 Å². The van der Waals surface area contributed by atoms with Crippen LogP contribution in [0.25, 0.3) is 0 Å². The van der Waals surface area contributed by atoms with Crippen LogP contribution in [0.1, 0.15) is 18.4 Å². The molecule has 0 amide bonds. The van der Waals surface area contributed by atoms with Gasteiger partial charge in [-0.15, -0.1) is 0 Å². The smallest absolute Gasteiger partial charge is 0.225 e. The Morgan fingerprint density at radius 1 is 0.846 bits per heavy atom. The van der Waals surface area contributed by atoms with Gasteiger partial charge in [-0.25, -0.2) is 9.97 Å². The fourth-order valence-electron chi connectivity index (χ4n) is 4.24. The molecule has 1 unspecified atom stereocenters. The quantitative estimate of drug-likeness (QED) is 0.827. The van der Waals surface area contributed by atoms with E-state index in [2.05, 4.69) is 55.0 Å². The maximum absolute atomic E-state index is 4.38. The third kappa shape index (κ3) is 4.59. The Labute approximate surface area is 156 Å². The summed E-state index contributed by atoms with van der Waals surface area (Å²) >= 11 is 0. The predicted octanol–water partition coefficient (Wildman–Crippen LogP) is 2.51. The molecule has 0 spiro atoms. The molecule has 2 aliphatic rings. The molecule has 1 aromatic carbocycles. The van der Waals surface area contributed by atoms with Gasteiger partial charge < -0.3 is 4.90 Å². The average Bonchev–Trinajstić information content (AvgIpc) is 2.70. The van der Waals surface area contributed by atoms with Gasteiger partial charge >= 0.3 is 0 Å². The maximum atomic E-state index is 4.38. The molecule has 1 aromatic heterocycles. The first-order valence-corrected chi connectivity index (χ1v) is 9.87. The Balaban J connectivity index is 1.24. The van der Waals surface area contributed by atoms with E-state index in [1.165, 1.54) is 38.0 Å². The maximum Gasteiger partial charge on any atom is 0.225 e. The van der Waals surface area contributed by atoms with Gasteiger partial charge in [0, 0.05) is 58.2 Å². The number of rotatable bonds is 5. The molecule has 5 nitrogen and oxygen atoms in total. The van der Waals surface area contributed by atoms with Gasteiger partial charge in [0.25, 0.3) is 0 Å². The van der Waals surface area contributed by atoms with Crippen molar-refractivity contribution in [3.8, 4) is 0 Å². The molecule has 2 aliphatic heterocycles. The van der Waals surface area contributed by atoms with Crippen molar-refractivity contribution < 1.29 is 0 Å². The van der Waals surface area contributed by atoms with Crippen LogP contribution in [0.5, 0.6) is 0 Å². The van der Waals surface area contributed by atoms with E-state index >= 15 is 0 Å². The first-order valence-electron chi connectivity index (χ1n) is 9.87. The van der Waals surface area contributed by atoms with E-state index in [4.69, 9.17) is 0 Å². The first-order chi connectivity index (χ1) is 12.9. The van der Waals surface area contributed by atoms with Crippen LogP contribution in [0, 0.1) is 5.92 Å². The summed E-state index contributed by atoms with van der Waals surface area (Å²) in [6, 6.07) is 12.8. The molecule has 2 saturated heterocycles. The molecule has 0 aliphatic carbocycles. The van der Waals surface area contributed by atoms with E-state index in [1.54, 1.807) is 0 Å². The summed E-state index contributed by atoms with van der Waals surface area (Å²) in [5.41, 5.74) is 1.43. The average molecular weight is 351 g/mol. The van der Waals surface area contributed by atoms with Crippen molar-refractivity contribution in [2.24, 2.45) is 5.92 Å². The highest BCUT2D eigenvalue weighted by molar-refractivity contribution is 5.29. The van der Waals surface area contributed by atoms with E-state index in [9.17, 15) is 0 Å². The Bertz CT molecular complexity index is 655. The van der Waals surface area contributed by atoms with Gasteiger partial charge in [-0.2, -0.15) is 0 Å². The highest BCUT2D eigenvalue weighted by Crippen LogP contribution is 2.20. The van der Waals surface area contributed by atoms with Gasteiger partial charge in [-0.05, 0) is 36.9 Å². The summed E-state index contributed by atoms with van der Waals surface area (Å²) in [5.74, 6) is 1.67. The Hall–Kier alpha value is -1.98. The molecule has 0 N–H and O–H groups in total. The largest absolute Gasteiger partial charge is 0.338 e. The third-order valence-electron chi connectivity index (χ3n) is 5.58. The van der Waals surface area contributed by atoms with Crippen molar-refractivity contribution in [2.45, 2.75) is 19.4 Å². The summed E-state index contributed by atoms with van der Waals surface area (Å²) in [4.78, 5) is 16.3. The predicted molar refractivity (Wildman–Crippen MR) is 105 cm³/mol. The van der Waals surface area contributed by atoms with Gasteiger partial charge in [-0.1, -0.05) is 30.3 Å². The summed E-state index contributed by atoms with van der Waals surface area (Å²) in [6.07, 6.45) is 6.36. The molecule has 138 valence electrons. The van der Waals surface area contributed by atoms with E-state index in [-0.39, 0.29) is 0 Å². The molecule has 2 fully saturated rings. The molecule has 3 heterocycles. The zero-order chi connectivity index (χ0) is 17.6. The SMILES string of the molecule is c1ccc(CN2CCCC(CN3CCN(c4ncccn4)CC3)C2)cc1. The van der Waals surface area contributed by atoms with Crippen LogP contribution in [-0.2, 0) is 6.54 Å². The van der Waals surface area contributed by atoms with Crippen molar-refractivity contribution in [1.82, 2.24) is 19.8 Å². The molecule has 2 aromatic rings. The molecule has 0 bridgehead atoms. The topological polar surface area (TPSA) is 35.5 Å². The number of aromatic nitrogens is 2. The number of benzene rings is 1. The second-order valence-corrected chi connectivity index (χ2v) is 7.57. The van der Waals surface area contributed by atoms with Crippen LogP contribution in [0.2, 0.25) is 0 Å². The fourth-order valence-corrected chi connectivity index (χ4v) is 4.24. The Kier molecular flexibility index (Phi) is 5.77. The number of piperazine rings is 1. The van der Waals surface area contributed by atoms with Crippen molar-refractivity contribution in [3.63, 3.8) is 0 Å². The summed E-state index contributed by atoms with van der Waals surface area (Å²) in [7, 11) is 0. The lowest BCUT2D eigenvalue weighted by molar-refractivity contribution is 0.124. The highest BCUT2D eigenvalue weighted by Gasteiger charge is 2.25. The lowest BCUT2D eigenvalue weighted by atomic mass is 9.96. The molecular formula is C21H29N5. The number of likely N-dealkylation sites (tertiary alicyclic amines) is 1. The minimum atomic E-state index is 0.798. The number of nitrogens with zero attached hydrogens (tertiary/aromatic N) is 5. The van der Waals surface area contributed by atoms with Crippen LogP contribution in [0.3, 0.4) is 0 Å². The minimum absolute atomic E-state index is 0.798. The van der Waals surface area contributed by atoms with Gasteiger partial charge in [0.2, 0.25) is 5.95 Å². The van der Waals surface area contributed by atoms with E-state index in [0.29, 0.717) is 0 Å². The van der Waals surface area contributed by atoms with E-state index < -0.39 is 0 Å². The summed E-state index contributed by atoms with van der Waals surface area (Å²) < 4.78 is 0. The van der Waals surface area contributed by atoms with E-state index in [0.717, 1.165) is 44.6 Å². The number of piperidine rings is 1. The van der Waals surface area contributed by atoms with Crippen LogP contribution in [0.4, 0.5) is 5.95 Å². The standard InChI is InChI=1S/C21H29N5/c1-2-6-19(7-3-1)16-25-11-4-8-20(18-25)17-24-12-14-26(15-13-24)21-22-9-5-10-23-21/h1-3,5-7,9-10,20H,4,8,11-18H2. The van der Waals surface area contributed by atoms with E-state index in [1.807, 2.05) is 18.5 Å². The number of hydrogen-bond donors (Lipinski definition) is 0. The van der Waals surface area contributed by atoms with Crippen LogP contribution < -0.4 is 4.90 Å². The summed E-state index contributed by atoms with van der Waals surface area (Å²) in [5, 5.41) is 0. The monoisotopic (exact) mass is 351 g/mol. The second kappa shape index (κ2) is 8.60. The van der Waals surface area contributed by atoms with Crippen molar-refractivity contribution >= 4 is 5.95 Å². The molecule has 1 atom stereocenters. The lowest BCUT2D eigenvalue weighted by Crippen LogP contribution is -2.50. The normalized spacial score (nSPS) is 22.5. The zero-order valence-corrected chi connectivity index (χ0v) is 15.5. The van der Waals surface area contributed by atoms with Crippen molar-refractivity contribution in [2.75, 3.05) is 50.7 Å².